The number of carbonyl (C=O) groups is 1. The van der Waals surface area contributed by atoms with Gasteiger partial charge in [-0.15, -0.1) is 23.2 Å². The molecule has 2 unspecified atom stereocenters. The first kappa shape index (κ1) is 20.3. The monoisotopic (exact) mass is 448 g/mol. The van der Waals surface area contributed by atoms with E-state index in [4.69, 9.17) is 23.2 Å². The first-order valence-corrected chi connectivity index (χ1v) is 11.1. The second-order valence-corrected chi connectivity index (χ2v) is 9.90. The minimum atomic E-state index is -0.917. The van der Waals surface area contributed by atoms with Gasteiger partial charge in [0.05, 0.1) is 11.3 Å². The summed E-state index contributed by atoms with van der Waals surface area (Å²) < 4.78 is -0.917. The van der Waals surface area contributed by atoms with Gasteiger partial charge in [0, 0.05) is 11.6 Å². The molecule has 0 heterocycles. The van der Waals surface area contributed by atoms with Crippen molar-refractivity contribution in [3.05, 3.63) is 108 Å². The Hall–Kier alpha value is -2.62. The number of nitrogens with zero attached hydrogens (tertiary/aromatic N) is 1. The zero-order chi connectivity index (χ0) is 21.5. The summed E-state index contributed by atoms with van der Waals surface area (Å²) in [4.78, 5) is 13.1. The number of benzene rings is 3. The van der Waals surface area contributed by atoms with Crippen LogP contribution in [0.5, 0.6) is 0 Å². The van der Waals surface area contributed by atoms with Crippen molar-refractivity contribution in [3.63, 3.8) is 0 Å². The summed E-state index contributed by atoms with van der Waals surface area (Å²) >= 11 is 12.9. The summed E-state index contributed by atoms with van der Waals surface area (Å²) in [5.74, 6) is -0.277. The lowest BCUT2D eigenvalue weighted by Crippen LogP contribution is -2.27. The molecule has 2 aliphatic carbocycles. The van der Waals surface area contributed by atoms with E-state index >= 15 is 0 Å². The zero-order valence-corrected chi connectivity index (χ0v) is 18.4. The Bertz CT molecular complexity index is 1080. The fourth-order valence-electron chi connectivity index (χ4n) is 4.71. The Kier molecular flexibility index (Phi) is 4.91. The van der Waals surface area contributed by atoms with Crippen LogP contribution in [-0.4, -0.2) is 16.5 Å². The van der Waals surface area contributed by atoms with Crippen LogP contribution in [0.1, 0.15) is 29.5 Å². The molecular weight excluding hydrogens is 427 g/mol. The van der Waals surface area contributed by atoms with Crippen molar-refractivity contribution in [3.8, 4) is 0 Å². The molecule has 3 nitrogen and oxygen atoms in total. The van der Waals surface area contributed by atoms with Gasteiger partial charge >= 0.3 is 0 Å². The van der Waals surface area contributed by atoms with E-state index in [1.807, 2.05) is 66.7 Å². The minimum Gasteiger partial charge on any atom is -0.273 e. The molecule has 0 aliphatic heterocycles. The summed E-state index contributed by atoms with van der Waals surface area (Å²) in [6, 6.07) is 30.2. The first-order valence-electron chi connectivity index (χ1n) is 10.4. The number of rotatable bonds is 6. The maximum Gasteiger partial charge on any atom is 0.244 e. The predicted octanol–water partition coefficient (Wildman–Crippen LogP) is 5.61. The van der Waals surface area contributed by atoms with Crippen LogP contribution >= 0.6 is 23.2 Å². The molecule has 5 rings (SSSR count). The molecule has 3 aromatic carbocycles. The third kappa shape index (κ3) is 3.37. The molecule has 0 aromatic heterocycles. The number of hydrogen-bond acceptors (Lipinski definition) is 2. The summed E-state index contributed by atoms with van der Waals surface area (Å²) in [5, 5.41) is 4.30. The van der Waals surface area contributed by atoms with Crippen LogP contribution in [0, 0.1) is 5.92 Å². The van der Waals surface area contributed by atoms with Crippen LogP contribution in [0.15, 0.2) is 96.1 Å². The average molecular weight is 449 g/mol. The topological polar surface area (TPSA) is 41.5 Å². The van der Waals surface area contributed by atoms with Gasteiger partial charge in [-0.2, -0.15) is 5.10 Å². The van der Waals surface area contributed by atoms with Gasteiger partial charge in [-0.05, 0) is 29.5 Å². The zero-order valence-electron chi connectivity index (χ0n) is 16.8. The van der Waals surface area contributed by atoms with E-state index in [1.54, 1.807) is 6.21 Å². The van der Waals surface area contributed by atoms with E-state index in [1.165, 1.54) is 0 Å². The molecule has 1 amide bonds. The summed E-state index contributed by atoms with van der Waals surface area (Å²) in [5.41, 5.74) is 5.15. The van der Waals surface area contributed by atoms with E-state index in [0.29, 0.717) is 6.42 Å². The van der Waals surface area contributed by atoms with Gasteiger partial charge in [0.2, 0.25) is 5.91 Å². The Morgan fingerprint density at radius 3 is 1.74 bits per heavy atom. The van der Waals surface area contributed by atoms with Crippen LogP contribution in [0.2, 0.25) is 0 Å². The second-order valence-electron chi connectivity index (χ2n) is 8.41. The van der Waals surface area contributed by atoms with Crippen molar-refractivity contribution in [2.75, 3.05) is 0 Å². The van der Waals surface area contributed by atoms with Crippen molar-refractivity contribution < 1.29 is 4.79 Å². The van der Waals surface area contributed by atoms with Gasteiger partial charge in [0.15, 0.2) is 0 Å². The van der Waals surface area contributed by atoms with Gasteiger partial charge in [0.1, 0.15) is 4.33 Å². The largest absolute Gasteiger partial charge is 0.273 e. The van der Waals surface area contributed by atoms with Crippen LogP contribution in [-0.2, 0) is 15.6 Å². The Morgan fingerprint density at radius 1 is 0.839 bits per heavy atom. The highest BCUT2D eigenvalue weighted by Crippen LogP contribution is 2.63. The molecule has 156 valence electrons. The number of hydrazone groups is 1. The highest BCUT2D eigenvalue weighted by atomic mass is 35.5. The van der Waals surface area contributed by atoms with Crippen molar-refractivity contribution in [2.45, 2.75) is 28.0 Å². The fourth-order valence-corrected chi connectivity index (χ4v) is 5.45. The van der Waals surface area contributed by atoms with E-state index in [-0.39, 0.29) is 17.2 Å². The quantitative estimate of drug-likeness (QED) is 0.297. The highest BCUT2D eigenvalue weighted by molar-refractivity contribution is 6.53. The highest BCUT2D eigenvalue weighted by Gasteiger charge is 2.66. The van der Waals surface area contributed by atoms with Crippen LogP contribution in [0.25, 0.3) is 0 Å². The number of amides is 1. The number of nitrogens with one attached hydrogen (secondary N) is 1. The molecule has 3 aromatic rings. The second kappa shape index (κ2) is 7.51. The molecule has 1 N–H and O–H groups in total. The Morgan fingerprint density at radius 2 is 1.29 bits per heavy atom. The van der Waals surface area contributed by atoms with Crippen LogP contribution < -0.4 is 5.43 Å². The molecule has 2 saturated carbocycles. The smallest absolute Gasteiger partial charge is 0.244 e. The Labute approximate surface area is 192 Å². The van der Waals surface area contributed by atoms with Crippen molar-refractivity contribution in [1.29, 1.82) is 0 Å². The molecular formula is C26H22Cl2N2O. The molecule has 2 fully saturated rings. The van der Waals surface area contributed by atoms with E-state index in [0.717, 1.165) is 23.1 Å². The van der Waals surface area contributed by atoms with Gasteiger partial charge in [-0.25, -0.2) is 5.43 Å². The van der Waals surface area contributed by atoms with Crippen molar-refractivity contribution in [2.24, 2.45) is 11.0 Å². The SMILES string of the molecule is O=C(N/N=C/C1(c2ccccc2)CC1(Cl)Cl)C1CC1(c1ccccc1)c1ccccc1. The van der Waals surface area contributed by atoms with Crippen LogP contribution in [0.3, 0.4) is 0 Å². The van der Waals surface area contributed by atoms with Crippen LogP contribution in [0.4, 0.5) is 0 Å². The number of hydrogen-bond donors (Lipinski definition) is 1. The molecule has 0 saturated heterocycles. The molecule has 5 heteroatoms. The summed E-state index contributed by atoms with van der Waals surface area (Å²) in [6.45, 7) is 0. The van der Waals surface area contributed by atoms with Crippen molar-refractivity contribution >= 4 is 35.3 Å². The Balaban J connectivity index is 1.37. The standard InChI is InChI=1S/C26H22Cl2N2O/c27-26(28)17-24(26,19-10-4-1-5-11-19)18-29-30-23(31)22-16-25(22,20-12-6-2-7-13-20)21-14-8-3-9-15-21/h1-15,18,22H,16-17H2,(H,30,31)/b29-18+. The summed E-state index contributed by atoms with van der Waals surface area (Å²) in [6.07, 6.45) is 3.00. The lowest BCUT2D eigenvalue weighted by atomic mass is 9.85. The average Bonchev–Trinajstić information content (AvgIpc) is 3.69. The number of alkyl halides is 2. The van der Waals surface area contributed by atoms with E-state index < -0.39 is 9.75 Å². The first-order chi connectivity index (χ1) is 15.0. The maximum absolute atomic E-state index is 13.1. The third-order valence-electron chi connectivity index (χ3n) is 6.63. The van der Waals surface area contributed by atoms with Gasteiger partial charge in [-0.3, -0.25) is 4.79 Å². The third-order valence-corrected chi connectivity index (χ3v) is 7.57. The van der Waals surface area contributed by atoms with E-state index in [2.05, 4.69) is 34.8 Å². The maximum atomic E-state index is 13.1. The van der Waals surface area contributed by atoms with E-state index in [9.17, 15) is 4.79 Å². The fraction of sp³-hybridized carbons (Fsp3) is 0.231. The molecule has 31 heavy (non-hydrogen) atoms. The lowest BCUT2D eigenvalue weighted by molar-refractivity contribution is -0.122. The lowest BCUT2D eigenvalue weighted by Gasteiger charge is -2.18. The van der Waals surface area contributed by atoms with Gasteiger partial charge < -0.3 is 0 Å². The molecule has 0 spiro atoms. The predicted molar refractivity (Wildman–Crippen MR) is 126 cm³/mol. The molecule has 2 aliphatic rings. The molecule has 0 bridgehead atoms. The molecule has 2 atom stereocenters. The van der Waals surface area contributed by atoms with Gasteiger partial charge in [-0.1, -0.05) is 91.0 Å². The normalized spacial score (nSPS) is 25.2. The van der Waals surface area contributed by atoms with Crippen molar-refractivity contribution in [1.82, 2.24) is 5.43 Å². The minimum absolute atomic E-state index is 0.0948. The summed E-state index contributed by atoms with van der Waals surface area (Å²) in [7, 11) is 0. The van der Waals surface area contributed by atoms with Gasteiger partial charge in [0.25, 0.3) is 0 Å². The number of halogens is 2. The molecule has 0 radical (unpaired) electrons. The number of carbonyl (C=O) groups excluding carboxylic acids is 1.